The van der Waals surface area contributed by atoms with Gasteiger partial charge in [0.1, 0.15) is 12.4 Å². The van der Waals surface area contributed by atoms with Gasteiger partial charge in [0.05, 0.1) is 4.92 Å². The van der Waals surface area contributed by atoms with Gasteiger partial charge in [-0.05, 0) is 29.8 Å². The standard InChI is InChI=1S/C16H13NO5/c18-16(19)10-7-13-3-1-2-4-15(13)22-11-12-5-8-14(9-6-12)17(20)21/h1-10H,11H2,(H,18,19). The molecule has 6 nitrogen and oxygen atoms in total. The number of rotatable bonds is 6. The van der Waals surface area contributed by atoms with Gasteiger partial charge in [0.15, 0.2) is 0 Å². The maximum absolute atomic E-state index is 10.6. The van der Waals surface area contributed by atoms with E-state index in [1.807, 2.05) is 0 Å². The number of ether oxygens (including phenoxy) is 1. The molecule has 6 heteroatoms. The van der Waals surface area contributed by atoms with Crippen molar-refractivity contribution in [2.75, 3.05) is 0 Å². The summed E-state index contributed by atoms with van der Waals surface area (Å²) in [7, 11) is 0. The highest BCUT2D eigenvalue weighted by molar-refractivity contribution is 5.85. The molecule has 0 amide bonds. The Kier molecular flexibility index (Phi) is 4.87. The smallest absolute Gasteiger partial charge is 0.328 e. The van der Waals surface area contributed by atoms with Gasteiger partial charge in [-0.3, -0.25) is 10.1 Å². The zero-order chi connectivity index (χ0) is 15.9. The molecule has 0 aliphatic carbocycles. The van der Waals surface area contributed by atoms with E-state index in [0.717, 1.165) is 11.6 Å². The SMILES string of the molecule is O=C(O)C=Cc1ccccc1OCc1ccc([N+](=O)[O-])cc1. The Bertz CT molecular complexity index is 707. The quantitative estimate of drug-likeness (QED) is 0.502. The van der Waals surface area contributed by atoms with Crippen molar-refractivity contribution in [3.63, 3.8) is 0 Å². The molecule has 22 heavy (non-hydrogen) atoms. The average Bonchev–Trinajstić information content (AvgIpc) is 2.52. The van der Waals surface area contributed by atoms with Crippen molar-refractivity contribution >= 4 is 17.7 Å². The highest BCUT2D eigenvalue weighted by Crippen LogP contribution is 2.21. The molecule has 0 bridgehead atoms. The third kappa shape index (κ3) is 4.17. The monoisotopic (exact) mass is 299 g/mol. The Hall–Kier alpha value is -3.15. The number of hydrogen-bond donors (Lipinski definition) is 1. The lowest BCUT2D eigenvalue weighted by Crippen LogP contribution is -1.97. The van der Waals surface area contributed by atoms with Crippen molar-refractivity contribution in [2.45, 2.75) is 6.61 Å². The first kappa shape index (κ1) is 15.2. The first-order chi connectivity index (χ1) is 10.6. The largest absolute Gasteiger partial charge is 0.488 e. The van der Waals surface area contributed by atoms with Crippen molar-refractivity contribution in [3.8, 4) is 5.75 Å². The van der Waals surface area contributed by atoms with E-state index < -0.39 is 10.9 Å². The summed E-state index contributed by atoms with van der Waals surface area (Å²) in [5.41, 5.74) is 1.45. The molecule has 2 aromatic carbocycles. The van der Waals surface area contributed by atoms with E-state index in [9.17, 15) is 14.9 Å². The predicted octanol–water partition coefficient (Wildman–Crippen LogP) is 3.27. The van der Waals surface area contributed by atoms with E-state index >= 15 is 0 Å². The van der Waals surface area contributed by atoms with Crippen LogP contribution in [0.3, 0.4) is 0 Å². The van der Waals surface area contributed by atoms with Gasteiger partial charge in [-0.2, -0.15) is 0 Å². The minimum absolute atomic E-state index is 0.0218. The summed E-state index contributed by atoms with van der Waals surface area (Å²) < 4.78 is 5.64. The molecule has 1 N–H and O–H groups in total. The van der Waals surface area contributed by atoms with Crippen LogP contribution in [0.2, 0.25) is 0 Å². The van der Waals surface area contributed by atoms with Gasteiger partial charge in [-0.1, -0.05) is 18.2 Å². The Morgan fingerprint density at radius 1 is 1.18 bits per heavy atom. The summed E-state index contributed by atoms with van der Waals surface area (Å²) >= 11 is 0. The van der Waals surface area contributed by atoms with Gasteiger partial charge in [0.2, 0.25) is 0 Å². The molecule has 0 fully saturated rings. The van der Waals surface area contributed by atoms with E-state index in [-0.39, 0.29) is 12.3 Å². The number of benzene rings is 2. The highest BCUT2D eigenvalue weighted by Gasteiger charge is 2.05. The fraction of sp³-hybridized carbons (Fsp3) is 0.0625. The number of non-ortho nitro benzene ring substituents is 1. The van der Waals surface area contributed by atoms with Gasteiger partial charge in [-0.15, -0.1) is 0 Å². The lowest BCUT2D eigenvalue weighted by Gasteiger charge is -2.09. The van der Waals surface area contributed by atoms with Crippen LogP contribution in [0.5, 0.6) is 5.75 Å². The number of nitro benzene ring substituents is 1. The van der Waals surface area contributed by atoms with Crippen molar-refractivity contribution < 1.29 is 19.6 Å². The summed E-state index contributed by atoms with van der Waals surface area (Å²) in [4.78, 5) is 20.7. The Morgan fingerprint density at radius 3 is 2.50 bits per heavy atom. The van der Waals surface area contributed by atoms with Crippen LogP contribution in [0.25, 0.3) is 6.08 Å². The van der Waals surface area contributed by atoms with Crippen LogP contribution in [0, 0.1) is 10.1 Å². The predicted molar refractivity (Wildman–Crippen MR) is 80.5 cm³/mol. The second-order valence-electron chi connectivity index (χ2n) is 4.42. The summed E-state index contributed by atoms with van der Waals surface area (Å²) in [5, 5.41) is 19.2. The van der Waals surface area contributed by atoms with Crippen molar-refractivity contribution in [2.24, 2.45) is 0 Å². The number of carboxylic acid groups (broad SMARTS) is 1. The van der Waals surface area contributed by atoms with Crippen LogP contribution in [0.1, 0.15) is 11.1 Å². The van der Waals surface area contributed by atoms with Crippen LogP contribution >= 0.6 is 0 Å². The maximum Gasteiger partial charge on any atom is 0.328 e. The van der Waals surface area contributed by atoms with E-state index in [0.29, 0.717) is 11.3 Å². The number of para-hydroxylation sites is 1. The number of nitro groups is 1. The molecule has 0 spiro atoms. The van der Waals surface area contributed by atoms with Gasteiger partial charge < -0.3 is 9.84 Å². The Morgan fingerprint density at radius 2 is 1.86 bits per heavy atom. The van der Waals surface area contributed by atoms with Gasteiger partial charge >= 0.3 is 5.97 Å². The summed E-state index contributed by atoms with van der Waals surface area (Å²) in [6.45, 7) is 0.232. The molecular weight excluding hydrogens is 286 g/mol. The van der Waals surface area contributed by atoms with Crippen molar-refractivity contribution in [3.05, 3.63) is 75.8 Å². The average molecular weight is 299 g/mol. The molecule has 0 atom stereocenters. The first-order valence-electron chi connectivity index (χ1n) is 6.42. The Labute approximate surface area is 126 Å². The van der Waals surface area contributed by atoms with Crippen molar-refractivity contribution in [1.82, 2.24) is 0 Å². The third-order valence-electron chi connectivity index (χ3n) is 2.87. The van der Waals surface area contributed by atoms with Crippen LogP contribution in [-0.4, -0.2) is 16.0 Å². The number of carbonyl (C=O) groups is 1. The fourth-order valence-electron chi connectivity index (χ4n) is 1.79. The molecule has 2 rings (SSSR count). The molecule has 0 radical (unpaired) electrons. The zero-order valence-corrected chi connectivity index (χ0v) is 11.5. The molecule has 0 heterocycles. The fourth-order valence-corrected chi connectivity index (χ4v) is 1.79. The number of nitrogens with zero attached hydrogens (tertiary/aromatic N) is 1. The first-order valence-corrected chi connectivity index (χ1v) is 6.42. The molecule has 112 valence electrons. The lowest BCUT2D eigenvalue weighted by molar-refractivity contribution is -0.384. The molecule has 0 saturated heterocycles. The molecule has 2 aromatic rings. The second kappa shape index (κ2) is 7.03. The lowest BCUT2D eigenvalue weighted by atomic mass is 10.2. The topological polar surface area (TPSA) is 89.7 Å². The maximum atomic E-state index is 10.6. The van der Waals surface area contributed by atoms with Crippen LogP contribution < -0.4 is 4.74 Å². The normalized spacial score (nSPS) is 10.5. The van der Waals surface area contributed by atoms with E-state index in [1.54, 1.807) is 36.4 Å². The number of hydrogen-bond acceptors (Lipinski definition) is 4. The zero-order valence-electron chi connectivity index (χ0n) is 11.5. The molecular formula is C16H13NO5. The van der Waals surface area contributed by atoms with Crippen molar-refractivity contribution in [1.29, 1.82) is 0 Å². The van der Waals surface area contributed by atoms with Gasteiger partial charge in [0.25, 0.3) is 5.69 Å². The number of aliphatic carboxylic acids is 1. The van der Waals surface area contributed by atoms with Crippen LogP contribution in [0.4, 0.5) is 5.69 Å². The van der Waals surface area contributed by atoms with E-state index in [4.69, 9.17) is 9.84 Å². The second-order valence-corrected chi connectivity index (χ2v) is 4.42. The molecule has 0 aliphatic rings. The summed E-state index contributed by atoms with van der Waals surface area (Å²) in [5.74, 6) is -0.497. The number of carboxylic acids is 1. The van der Waals surface area contributed by atoms with Crippen LogP contribution in [-0.2, 0) is 11.4 Å². The third-order valence-corrected chi connectivity index (χ3v) is 2.87. The minimum atomic E-state index is -1.04. The van der Waals surface area contributed by atoms with Gasteiger partial charge in [-0.25, -0.2) is 4.79 Å². The highest BCUT2D eigenvalue weighted by atomic mass is 16.6. The van der Waals surface area contributed by atoms with Crippen LogP contribution in [0.15, 0.2) is 54.6 Å². The van der Waals surface area contributed by atoms with E-state index in [1.165, 1.54) is 18.2 Å². The summed E-state index contributed by atoms with van der Waals surface area (Å²) in [6, 6.07) is 13.1. The molecule has 0 saturated carbocycles. The van der Waals surface area contributed by atoms with Gasteiger partial charge in [0, 0.05) is 23.8 Å². The molecule has 0 aliphatic heterocycles. The minimum Gasteiger partial charge on any atom is -0.488 e. The summed E-state index contributed by atoms with van der Waals surface area (Å²) in [6.07, 6.45) is 2.49. The molecule has 0 unspecified atom stereocenters. The van der Waals surface area contributed by atoms with E-state index in [2.05, 4.69) is 0 Å². The molecule has 0 aromatic heterocycles. The Balaban J connectivity index is 2.08.